The predicted octanol–water partition coefficient (Wildman–Crippen LogP) is 4.01. The number of hydrogen-bond donors (Lipinski definition) is 4. The first kappa shape index (κ1) is 26.4. The van der Waals surface area contributed by atoms with Crippen LogP contribution in [-0.4, -0.2) is 39.9 Å². The maximum atomic E-state index is 6.29. The van der Waals surface area contributed by atoms with E-state index in [2.05, 4.69) is 19.9 Å². The van der Waals surface area contributed by atoms with E-state index in [4.69, 9.17) is 55.6 Å². The Morgan fingerprint density at radius 1 is 0.622 bits per heavy atom. The molecular formula is C25H26Cl2N8O2. The number of nitrogens with zero attached hydrogens (tertiary/aromatic N) is 4. The first-order chi connectivity index (χ1) is 17.6. The molecule has 0 fully saturated rings. The third kappa shape index (κ3) is 5.67. The van der Waals surface area contributed by atoms with Gasteiger partial charge in [-0.3, -0.25) is 0 Å². The fourth-order valence-corrected chi connectivity index (χ4v) is 4.41. The Morgan fingerprint density at radius 3 is 1.30 bits per heavy atom. The van der Waals surface area contributed by atoms with Gasteiger partial charge in [0.25, 0.3) is 0 Å². The molecule has 0 unspecified atom stereocenters. The highest BCUT2D eigenvalue weighted by molar-refractivity contribution is 6.31. The lowest BCUT2D eigenvalue weighted by atomic mass is 9.94. The van der Waals surface area contributed by atoms with E-state index >= 15 is 0 Å². The molecule has 0 radical (unpaired) electrons. The molecule has 0 spiro atoms. The van der Waals surface area contributed by atoms with Crippen LogP contribution >= 0.6 is 23.2 Å². The van der Waals surface area contributed by atoms with Crippen LogP contribution in [0.25, 0.3) is 22.3 Å². The second-order valence-corrected chi connectivity index (χ2v) is 9.14. The summed E-state index contributed by atoms with van der Waals surface area (Å²) < 4.78 is 11.9. The summed E-state index contributed by atoms with van der Waals surface area (Å²) in [5, 5.41) is 1.16. The summed E-state index contributed by atoms with van der Waals surface area (Å²) >= 11 is 12.2. The molecule has 4 rings (SSSR count). The van der Waals surface area contributed by atoms with Gasteiger partial charge in [0, 0.05) is 48.2 Å². The Labute approximate surface area is 223 Å². The number of ether oxygens (including phenoxy) is 2. The van der Waals surface area contributed by atoms with Crippen LogP contribution in [-0.2, 0) is 22.3 Å². The number of methoxy groups -OCH3 is 2. The number of anilines is 4. The lowest BCUT2D eigenvalue weighted by Crippen LogP contribution is -2.40. The van der Waals surface area contributed by atoms with E-state index in [0.717, 1.165) is 11.1 Å². The number of nitrogens with two attached hydrogens (primary N) is 4. The highest BCUT2D eigenvalue weighted by Gasteiger charge is 2.35. The van der Waals surface area contributed by atoms with Crippen molar-refractivity contribution in [2.45, 2.75) is 18.6 Å². The molecule has 12 heteroatoms. The zero-order valence-corrected chi connectivity index (χ0v) is 21.7. The number of rotatable bonds is 8. The molecule has 0 aliphatic heterocycles. The van der Waals surface area contributed by atoms with Gasteiger partial charge >= 0.3 is 0 Å². The summed E-state index contributed by atoms with van der Waals surface area (Å²) in [6.45, 7) is 0. The van der Waals surface area contributed by atoms with Gasteiger partial charge in [-0.2, -0.15) is 9.97 Å². The number of halogens is 2. The molecule has 0 saturated carbocycles. The van der Waals surface area contributed by atoms with Crippen LogP contribution in [0.2, 0.25) is 10.0 Å². The Morgan fingerprint density at radius 2 is 0.973 bits per heavy atom. The summed E-state index contributed by atoms with van der Waals surface area (Å²) in [5.41, 5.74) is 28.2. The summed E-state index contributed by atoms with van der Waals surface area (Å²) in [4.78, 5) is 17.3. The van der Waals surface area contributed by atoms with Crippen molar-refractivity contribution in [1.29, 1.82) is 0 Å². The maximum Gasteiger partial charge on any atom is 0.222 e. The fourth-order valence-electron chi connectivity index (χ4n) is 4.16. The fraction of sp³-hybridized carbons (Fsp3) is 0.200. The van der Waals surface area contributed by atoms with Crippen LogP contribution in [0.1, 0.15) is 11.4 Å². The minimum Gasteiger partial charge on any atom is -0.383 e. The minimum atomic E-state index is -1.26. The van der Waals surface area contributed by atoms with Crippen LogP contribution in [0.15, 0.2) is 48.5 Å². The Balaban J connectivity index is 1.82. The third-order valence-electron chi connectivity index (χ3n) is 5.94. The van der Waals surface area contributed by atoms with E-state index < -0.39 is 5.79 Å². The Bertz CT molecular complexity index is 1310. The summed E-state index contributed by atoms with van der Waals surface area (Å²) in [7, 11) is 3.05. The van der Waals surface area contributed by atoms with Crippen molar-refractivity contribution in [2.24, 2.45) is 0 Å². The number of aromatic nitrogens is 4. The van der Waals surface area contributed by atoms with Crippen LogP contribution < -0.4 is 22.9 Å². The first-order valence-corrected chi connectivity index (χ1v) is 11.9. The van der Waals surface area contributed by atoms with Crippen molar-refractivity contribution in [3.63, 3.8) is 0 Å². The highest BCUT2D eigenvalue weighted by Crippen LogP contribution is 2.36. The molecule has 4 aromatic rings. The van der Waals surface area contributed by atoms with Crippen LogP contribution in [0.3, 0.4) is 0 Å². The van der Waals surface area contributed by atoms with Gasteiger partial charge in [0.05, 0.1) is 11.4 Å². The molecule has 0 amide bonds. The molecule has 2 aromatic carbocycles. The van der Waals surface area contributed by atoms with Gasteiger partial charge in [-0.15, -0.1) is 0 Å². The minimum absolute atomic E-state index is 0.0173. The number of nitrogen functional groups attached to an aromatic ring is 4. The third-order valence-corrected chi connectivity index (χ3v) is 6.45. The molecule has 0 aliphatic carbocycles. The molecule has 192 valence electrons. The van der Waals surface area contributed by atoms with Gasteiger partial charge in [0.15, 0.2) is 5.79 Å². The lowest BCUT2D eigenvalue weighted by molar-refractivity contribution is -0.205. The van der Waals surface area contributed by atoms with Gasteiger partial charge in [-0.25, -0.2) is 9.97 Å². The number of hydrogen-bond acceptors (Lipinski definition) is 10. The van der Waals surface area contributed by atoms with Crippen molar-refractivity contribution in [1.82, 2.24) is 19.9 Å². The van der Waals surface area contributed by atoms with Gasteiger partial charge < -0.3 is 32.4 Å². The molecule has 0 atom stereocenters. The molecule has 2 heterocycles. The van der Waals surface area contributed by atoms with Crippen molar-refractivity contribution >= 4 is 46.7 Å². The monoisotopic (exact) mass is 540 g/mol. The lowest BCUT2D eigenvalue weighted by Gasteiger charge is -2.32. The molecule has 8 N–H and O–H groups in total. The average Bonchev–Trinajstić information content (AvgIpc) is 2.85. The van der Waals surface area contributed by atoms with E-state index in [0.29, 0.717) is 32.6 Å². The molecule has 2 aromatic heterocycles. The highest BCUT2D eigenvalue weighted by atomic mass is 35.5. The van der Waals surface area contributed by atoms with Crippen molar-refractivity contribution in [2.75, 3.05) is 37.2 Å². The zero-order chi connectivity index (χ0) is 26.7. The molecule has 37 heavy (non-hydrogen) atoms. The van der Waals surface area contributed by atoms with E-state index in [1.807, 2.05) is 24.3 Å². The van der Waals surface area contributed by atoms with Gasteiger partial charge in [0.1, 0.15) is 11.6 Å². The van der Waals surface area contributed by atoms with Gasteiger partial charge in [-0.1, -0.05) is 47.5 Å². The molecule has 0 aliphatic rings. The second kappa shape index (κ2) is 10.7. The van der Waals surface area contributed by atoms with E-state index in [1.54, 1.807) is 24.3 Å². The SMILES string of the molecule is COC(Cc1nc(N)nc(N)c1-c1ccc(Cl)cc1)(Cc1nc(N)nc(N)c1-c1ccc(Cl)cc1)OC. The summed E-state index contributed by atoms with van der Waals surface area (Å²) in [5.74, 6) is -0.804. The zero-order valence-electron chi connectivity index (χ0n) is 20.2. The Kier molecular flexibility index (Phi) is 7.65. The summed E-state index contributed by atoms with van der Waals surface area (Å²) in [6.07, 6.45) is 0.275. The van der Waals surface area contributed by atoms with E-state index in [1.165, 1.54) is 14.2 Å². The van der Waals surface area contributed by atoms with Crippen molar-refractivity contribution in [3.8, 4) is 22.3 Å². The largest absolute Gasteiger partial charge is 0.383 e. The Hall–Kier alpha value is -3.70. The van der Waals surface area contributed by atoms with E-state index in [-0.39, 0.29) is 36.4 Å². The topological polar surface area (TPSA) is 174 Å². The van der Waals surface area contributed by atoms with Crippen molar-refractivity contribution in [3.05, 3.63) is 70.0 Å². The van der Waals surface area contributed by atoms with Crippen LogP contribution in [0.5, 0.6) is 0 Å². The predicted molar refractivity (Wildman–Crippen MR) is 147 cm³/mol. The van der Waals surface area contributed by atoms with Gasteiger partial charge in [-0.05, 0) is 35.4 Å². The average molecular weight is 541 g/mol. The first-order valence-electron chi connectivity index (χ1n) is 11.1. The van der Waals surface area contributed by atoms with Gasteiger partial charge in [0.2, 0.25) is 11.9 Å². The quantitative estimate of drug-likeness (QED) is 0.239. The second-order valence-electron chi connectivity index (χ2n) is 8.26. The number of benzene rings is 2. The van der Waals surface area contributed by atoms with Crippen molar-refractivity contribution < 1.29 is 9.47 Å². The molecular weight excluding hydrogens is 515 g/mol. The smallest absolute Gasteiger partial charge is 0.222 e. The van der Waals surface area contributed by atoms with E-state index in [9.17, 15) is 0 Å². The maximum absolute atomic E-state index is 6.29. The van der Waals surface area contributed by atoms with Crippen LogP contribution in [0, 0.1) is 0 Å². The standard InChI is InChI=1S/C25H26Cl2N8O2/c1-36-25(37-2,11-17-19(21(28)34-23(30)32-17)13-3-7-15(26)8-4-13)12-18-20(22(29)35-24(31)33-18)14-5-9-16(27)10-6-14/h3-10H,11-12H2,1-2H3,(H4,28,30,32,34)(H4,29,31,33,35). The normalized spacial score (nSPS) is 11.6. The molecule has 0 bridgehead atoms. The molecule has 0 saturated heterocycles. The van der Waals surface area contributed by atoms with Crippen LogP contribution in [0.4, 0.5) is 23.5 Å². The summed E-state index contributed by atoms with van der Waals surface area (Å²) in [6, 6.07) is 14.3. The molecule has 10 nitrogen and oxygen atoms in total.